The highest BCUT2D eigenvalue weighted by molar-refractivity contribution is 5.84. The van der Waals surface area contributed by atoms with Crippen LogP contribution >= 0.6 is 0 Å². The van der Waals surface area contributed by atoms with Gasteiger partial charge in [0, 0.05) is 5.69 Å². The summed E-state index contributed by atoms with van der Waals surface area (Å²) in [6.07, 6.45) is 3.48. The van der Waals surface area contributed by atoms with Crippen molar-refractivity contribution in [1.82, 2.24) is 0 Å². The SMILES string of the molecule is O=C(O)COCC1CCC(COC(=O)Nc2ccccc2)CC1. The van der Waals surface area contributed by atoms with Crippen molar-refractivity contribution in [2.24, 2.45) is 11.8 Å². The van der Waals surface area contributed by atoms with Gasteiger partial charge < -0.3 is 14.6 Å². The van der Waals surface area contributed by atoms with Crippen LogP contribution in [-0.2, 0) is 14.3 Å². The molecule has 0 bridgehead atoms. The Morgan fingerprint density at radius 3 is 2.26 bits per heavy atom. The molecule has 1 aromatic rings. The number of anilines is 1. The largest absolute Gasteiger partial charge is 0.480 e. The van der Waals surface area contributed by atoms with Crippen molar-refractivity contribution in [3.63, 3.8) is 0 Å². The minimum absolute atomic E-state index is 0.233. The van der Waals surface area contributed by atoms with E-state index in [2.05, 4.69) is 5.32 Å². The average molecular weight is 321 g/mol. The minimum Gasteiger partial charge on any atom is -0.480 e. The Kier molecular flexibility index (Phi) is 6.87. The molecule has 0 spiro atoms. The number of ether oxygens (including phenoxy) is 2. The van der Waals surface area contributed by atoms with Gasteiger partial charge in [-0.3, -0.25) is 5.32 Å². The summed E-state index contributed by atoms with van der Waals surface area (Å²) < 4.78 is 10.4. The van der Waals surface area contributed by atoms with Crippen LogP contribution in [0.5, 0.6) is 0 Å². The molecule has 0 atom stereocenters. The topological polar surface area (TPSA) is 84.9 Å². The fraction of sp³-hybridized carbons (Fsp3) is 0.529. The van der Waals surface area contributed by atoms with E-state index in [9.17, 15) is 9.59 Å². The van der Waals surface area contributed by atoms with E-state index in [1.54, 1.807) is 0 Å². The molecule has 0 aliphatic heterocycles. The average Bonchev–Trinajstić information content (AvgIpc) is 2.55. The van der Waals surface area contributed by atoms with E-state index in [1.807, 2.05) is 30.3 Å². The van der Waals surface area contributed by atoms with Gasteiger partial charge in [0.05, 0.1) is 13.2 Å². The Bertz CT molecular complexity index is 497. The van der Waals surface area contributed by atoms with Crippen LogP contribution in [0.25, 0.3) is 0 Å². The van der Waals surface area contributed by atoms with Crippen LogP contribution in [0.3, 0.4) is 0 Å². The Hall–Kier alpha value is -2.08. The number of aliphatic carboxylic acids is 1. The molecule has 0 saturated heterocycles. The maximum Gasteiger partial charge on any atom is 0.411 e. The van der Waals surface area contributed by atoms with Crippen molar-refractivity contribution < 1.29 is 24.2 Å². The first-order valence-electron chi connectivity index (χ1n) is 7.92. The fourth-order valence-corrected chi connectivity index (χ4v) is 2.75. The summed E-state index contributed by atoms with van der Waals surface area (Å²) in [5.74, 6) is -0.160. The summed E-state index contributed by atoms with van der Waals surface area (Å²) in [5.41, 5.74) is 0.719. The lowest BCUT2D eigenvalue weighted by atomic mass is 9.83. The molecular formula is C17H23NO5. The van der Waals surface area contributed by atoms with E-state index in [1.165, 1.54) is 0 Å². The van der Waals surface area contributed by atoms with Gasteiger partial charge in [-0.15, -0.1) is 0 Å². The van der Waals surface area contributed by atoms with E-state index in [-0.39, 0.29) is 6.61 Å². The van der Waals surface area contributed by atoms with E-state index in [4.69, 9.17) is 14.6 Å². The molecular weight excluding hydrogens is 298 g/mol. The lowest BCUT2D eigenvalue weighted by Crippen LogP contribution is -2.25. The van der Waals surface area contributed by atoms with Gasteiger partial charge in [0.15, 0.2) is 0 Å². The molecule has 1 fully saturated rings. The van der Waals surface area contributed by atoms with Crippen LogP contribution in [-0.4, -0.2) is 37.0 Å². The highest BCUT2D eigenvalue weighted by Gasteiger charge is 2.22. The first-order chi connectivity index (χ1) is 11.1. The zero-order valence-corrected chi connectivity index (χ0v) is 13.1. The zero-order chi connectivity index (χ0) is 16.5. The standard InChI is InChI=1S/C17H23NO5/c19-16(20)12-22-10-13-6-8-14(9-7-13)11-23-17(21)18-15-4-2-1-3-5-15/h1-5,13-14H,6-12H2,(H,18,21)(H,19,20). The van der Waals surface area contributed by atoms with E-state index in [0.29, 0.717) is 25.0 Å². The van der Waals surface area contributed by atoms with Crippen LogP contribution < -0.4 is 5.32 Å². The third-order valence-electron chi connectivity index (χ3n) is 4.02. The van der Waals surface area contributed by atoms with Crippen molar-refractivity contribution in [2.75, 3.05) is 25.1 Å². The summed E-state index contributed by atoms with van der Waals surface area (Å²) in [6, 6.07) is 9.20. The third-order valence-corrected chi connectivity index (χ3v) is 4.02. The quantitative estimate of drug-likeness (QED) is 0.806. The molecule has 6 heteroatoms. The van der Waals surface area contributed by atoms with Crippen LogP contribution in [0, 0.1) is 11.8 Å². The number of nitrogens with one attached hydrogen (secondary N) is 1. The van der Waals surface area contributed by atoms with Gasteiger partial charge in [0.1, 0.15) is 6.61 Å². The Labute approximate surface area is 135 Å². The van der Waals surface area contributed by atoms with Crippen LogP contribution in [0.2, 0.25) is 0 Å². The summed E-state index contributed by atoms with van der Waals surface area (Å²) in [6.45, 7) is 0.679. The first kappa shape index (κ1) is 17.3. The van der Waals surface area contributed by atoms with Gasteiger partial charge in [-0.05, 0) is 49.7 Å². The lowest BCUT2D eigenvalue weighted by Gasteiger charge is -2.27. The molecule has 0 heterocycles. The highest BCUT2D eigenvalue weighted by Crippen LogP contribution is 2.29. The molecule has 2 N–H and O–H groups in total. The van der Waals surface area contributed by atoms with Crippen LogP contribution in [0.4, 0.5) is 10.5 Å². The summed E-state index contributed by atoms with van der Waals surface area (Å²) >= 11 is 0. The number of carbonyl (C=O) groups is 2. The van der Waals surface area contributed by atoms with Crippen molar-refractivity contribution in [1.29, 1.82) is 0 Å². The third kappa shape index (κ3) is 6.69. The minimum atomic E-state index is -0.934. The molecule has 1 aliphatic carbocycles. The predicted molar refractivity (Wildman–Crippen MR) is 85.3 cm³/mol. The van der Waals surface area contributed by atoms with Gasteiger partial charge in [0.2, 0.25) is 0 Å². The summed E-state index contributed by atoms with van der Waals surface area (Å²) in [7, 11) is 0. The number of carboxylic acid groups (broad SMARTS) is 1. The van der Waals surface area contributed by atoms with Crippen molar-refractivity contribution in [3.8, 4) is 0 Å². The maximum atomic E-state index is 11.7. The molecule has 1 aromatic carbocycles. The molecule has 1 saturated carbocycles. The first-order valence-corrected chi connectivity index (χ1v) is 7.92. The molecule has 0 aromatic heterocycles. The normalized spacial score (nSPS) is 20.7. The van der Waals surface area contributed by atoms with Gasteiger partial charge in [-0.2, -0.15) is 0 Å². The van der Waals surface area contributed by atoms with Gasteiger partial charge >= 0.3 is 12.1 Å². The number of carboxylic acids is 1. The highest BCUT2D eigenvalue weighted by atomic mass is 16.5. The maximum absolute atomic E-state index is 11.7. The molecule has 0 radical (unpaired) electrons. The number of carbonyl (C=O) groups excluding carboxylic acids is 1. The zero-order valence-electron chi connectivity index (χ0n) is 13.1. The van der Waals surface area contributed by atoms with Crippen LogP contribution in [0.15, 0.2) is 30.3 Å². The lowest BCUT2D eigenvalue weighted by molar-refractivity contribution is -0.142. The number of hydrogen-bond donors (Lipinski definition) is 2. The number of para-hydroxylation sites is 1. The summed E-state index contributed by atoms with van der Waals surface area (Å²) in [5, 5.41) is 11.2. The fourth-order valence-electron chi connectivity index (χ4n) is 2.75. The number of hydrogen-bond acceptors (Lipinski definition) is 4. The molecule has 23 heavy (non-hydrogen) atoms. The smallest absolute Gasteiger partial charge is 0.411 e. The van der Waals surface area contributed by atoms with Gasteiger partial charge in [-0.25, -0.2) is 9.59 Å². The Balaban J connectivity index is 1.59. The van der Waals surface area contributed by atoms with Crippen molar-refractivity contribution in [2.45, 2.75) is 25.7 Å². The molecule has 2 rings (SSSR count). The Morgan fingerprint density at radius 2 is 1.65 bits per heavy atom. The molecule has 1 aliphatic rings. The molecule has 1 amide bonds. The van der Waals surface area contributed by atoms with Gasteiger partial charge in [0.25, 0.3) is 0 Å². The molecule has 6 nitrogen and oxygen atoms in total. The Morgan fingerprint density at radius 1 is 1.04 bits per heavy atom. The monoisotopic (exact) mass is 321 g/mol. The second kappa shape index (κ2) is 9.15. The van der Waals surface area contributed by atoms with Gasteiger partial charge in [-0.1, -0.05) is 18.2 Å². The summed E-state index contributed by atoms with van der Waals surface area (Å²) in [4.78, 5) is 22.1. The van der Waals surface area contributed by atoms with Crippen LogP contribution in [0.1, 0.15) is 25.7 Å². The molecule has 0 unspecified atom stereocenters. The molecule has 126 valence electrons. The van der Waals surface area contributed by atoms with E-state index in [0.717, 1.165) is 31.4 Å². The number of benzene rings is 1. The van der Waals surface area contributed by atoms with E-state index >= 15 is 0 Å². The van der Waals surface area contributed by atoms with Crippen molar-refractivity contribution in [3.05, 3.63) is 30.3 Å². The second-order valence-electron chi connectivity index (χ2n) is 5.89. The second-order valence-corrected chi connectivity index (χ2v) is 5.89. The van der Waals surface area contributed by atoms with Crippen molar-refractivity contribution >= 4 is 17.7 Å². The number of rotatable bonds is 7. The van der Waals surface area contributed by atoms with E-state index < -0.39 is 12.1 Å². The predicted octanol–water partition coefficient (Wildman–Crippen LogP) is 3.14. The number of amides is 1.